The van der Waals surface area contributed by atoms with Gasteiger partial charge in [0.15, 0.2) is 0 Å². The molecule has 0 spiro atoms. The van der Waals surface area contributed by atoms with Crippen LogP contribution in [0.15, 0.2) is 36.5 Å². The average molecular weight is 291 g/mol. The van der Waals surface area contributed by atoms with E-state index in [4.69, 9.17) is 16.3 Å². The molecule has 1 N–H and O–H groups in total. The van der Waals surface area contributed by atoms with Crippen LogP contribution in [0.2, 0.25) is 5.02 Å². The monoisotopic (exact) mass is 290 g/mol. The first-order chi connectivity index (χ1) is 9.60. The summed E-state index contributed by atoms with van der Waals surface area (Å²) in [5.74, 6) is 0.615. The summed E-state index contributed by atoms with van der Waals surface area (Å²) in [4.78, 5) is 4.23. The Labute approximate surface area is 124 Å². The number of pyridine rings is 1. The smallest absolute Gasteiger partial charge is 0.212 e. The molecule has 3 nitrogen and oxygen atoms in total. The fourth-order valence-electron chi connectivity index (χ4n) is 1.88. The Bertz CT molecular complexity index is 567. The second-order valence-corrected chi connectivity index (χ2v) is 5.34. The van der Waals surface area contributed by atoms with E-state index in [0.29, 0.717) is 11.9 Å². The molecule has 0 bridgehead atoms. The van der Waals surface area contributed by atoms with E-state index in [1.54, 1.807) is 7.11 Å². The highest BCUT2D eigenvalue weighted by atomic mass is 35.5. The molecule has 0 fully saturated rings. The van der Waals surface area contributed by atoms with E-state index in [0.717, 1.165) is 28.3 Å². The highest BCUT2D eigenvalue weighted by Gasteiger charge is 2.05. The average Bonchev–Trinajstić information content (AvgIpc) is 2.46. The highest BCUT2D eigenvalue weighted by molar-refractivity contribution is 6.31. The molecule has 2 rings (SSSR count). The van der Waals surface area contributed by atoms with Gasteiger partial charge in [-0.1, -0.05) is 31.5 Å². The van der Waals surface area contributed by atoms with Crippen LogP contribution in [-0.4, -0.2) is 18.1 Å². The topological polar surface area (TPSA) is 34.1 Å². The standard InChI is InChI=1S/C16H19ClN2O/c1-11(2)18-10-14-8-12(4-6-15(14)17)13-5-7-16(20-3)19-9-13/h4-9,11,18H,10H2,1-3H3. The van der Waals surface area contributed by atoms with Crippen molar-refractivity contribution in [1.82, 2.24) is 10.3 Å². The zero-order valence-corrected chi connectivity index (χ0v) is 12.7. The number of aromatic nitrogens is 1. The van der Waals surface area contributed by atoms with Gasteiger partial charge in [-0.3, -0.25) is 0 Å². The Morgan fingerprint density at radius 1 is 1.20 bits per heavy atom. The number of benzene rings is 1. The number of ether oxygens (including phenoxy) is 1. The zero-order valence-electron chi connectivity index (χ0n) is 12.0. The molecular weight excluding hydrogens is 272 g/mol. The summed E-state index contributed by atoms with van der Waals surface area (Å²) in [5, 5.41) is 4.16. The summed E-state index contributed by atoms with van der Waals surface area (Å²) in [6, 6.07) is 10.3. The number of hydrogen-bond acceptors (Lipinski definition) is 3. The predicted octanol–water partition coefficient (Wildman–Crippen LogP) is 3.91. The third-order valence-electron chi connectivity index (χ3n) is 3.03. The van der Waals surface area contributed by atoms with Crippen molar-refractivity contribution in [2.45, 2.75) is 26.4 Å². The lowest BCUT2D eigenvalue weighted by Gasteiger charge is -2.11. The van der Waals surface area contributed by atoms with Gasteiger partial charge in [0.1, 0.15) is 0 Å². The van der Waals surface area contributed by atoms with Crippen molar-refractivity contribution in [3.63, 3.8) is 0 Å². The van der Waals surface area contributed by atoms with E-state index in [1.165, 1.54) is 0 Å². The maximum absolute atomic E-state index is 6.24. The number of rotatable bonds is 5. The van der Waals surface area contributed by atoms with Crippen LogP contribution in [0.25, 0.3) is 11.1 Å². The summed E-state index contributed by atoms with van der Waals surface area (Å²) < 4.78 is 5.07. The number of hydrogen-bond donors (Lipinski definition) is 1. The minimum Gasteiger partial charge on any atom is -0.481 e. The van der Waals surface area contributed by atoms with Crippen LogP contribution >= 0.6 is 11.6 Å². The van der Waals surface area contributed by atoms with Gasteiger partial charge in [0.2, 0.25) is 5.88 Å². The maximum atomic E-state index is 6.24. The van der Waals surface area contributed by atoms with Gasteiger partial charge in [-0.25, -0.2) is 4.98 Å². The lowest BCUT2D eigenvalue weighted by molar-refractivity contribution is 0.398. The molecule has 0 saturated heterocycles. The highest BCUT2D eigenvalue weighted by Crippen LogP contribution is 2.25. The van der Waals surface area contributed by atoms with Crippen molar-refractivity contribution in [3.05, 3.63) is 47.1 Å². The first kappa shape index (κ1) is 14.8. The van der Waals surface area contributed by atoms with Crippen molar-refractivity contribution in [2.24, 2.45) is 0 Å². The zero-order chi connectivity index (χ0) is 14.5. The summed E-state index contributed by atoms with van der Waals surface area (Å²) in [7, 11) is 1.61. The molecule has 0 aliphatic carbocycles. The quantitative estimate of drug-likeness (QED) is 0.906. The van der Waals surface area contributed by atoms with Crippen molar-refractivity contribution in [3.8, 4) is 17.0 Å². The molecule has 1 aromatic heterocycles. The Balaban J connectivity index is 2.25. The van der Waals surface area contributed by atoms with Crippen LogP contribution in [0, 0.1) is 0 Å². The first-order valence-electron chi connectivity index (χ1n) is 6.62. The van der Waals surface area contributed by atoms with Gasteiger partial charge in [0.25, 0.3) is 0 Å². The second kappa shape index (κ2) is 6.73. The van der Waals surface area contributed by atoms with Crippen molar-refractivity contribution >= 4 is 11.6 Å². The summed E-state index contributed by atoms with van der Waals surface area (Å²) >= 11 is 6.24. The van der Waals surface area contributed by atoms with Crippen LogP contribution in [0.4, 0.5) is 0 Å². The summed E-state index contributed by atoms with van der Waals surface area (Å²) in [5.41, 5.74) is 3.24. The molecule has 0 radical (unpaired) electrons. The van der Waals surface area contributed by atoms with E-state index in [-0.39, 0.29) is 0 Å². The SMILES string of the molecule is COc1ccc(-c2ccc(Cl)c(CNC(C)C)c2)cn1. The normalized spacial score (nSPS) is 10.8. The van der Waals surface area contributed by atoms with Gasteiger partial charge >= 0.3 is 0 Å². The van der Waals surface area contributed by atoms with Gasteiger partial charge in [-0.2, -0.15) is 0 Å². The second-order valence-electron chi connectivity index (χ2n) is 4.93. The maximum Gasteiger partial charge on any atom is 0.212 e. The van der Waals surface area contributed by atoms with Gasteiger partial charge in [0.05, 0.1) is 7.11 Å². The Morgan fingerprint density at radius 2 is 1.95 bits per heavy atom. The predicted molar refractivity (Wildman–Crippen MR) is 83.2 cm³/mol. The van der Waals surface area contributed by atoms with E-state index in [2.05, 4.69) is 30.2 Å². The fraction of sp³-hybridized carbons (Fsp3) is 0.312. The molecule has 4 heteroatoms. The summed E-state index contributed by atoms with van der Waals surface area (Å²) in [6.45, 7) is 4.99. The van der Waals surface area contributed by atoms with Crippen LogP contribution in [0.5, 0.6) is 5.88 Å². The first-order valence-corrected chi connectivity index (χ1v) is 7.00. The number of nitrogens with zero attached hydrogens (tertiary/aromatic N) is 1. The third-order valence-corrected chi connectivity index (χ3v) is 3.39. The largest absolute Gasteiger partial charge is 0.481 e. The molecule has 0 aliphatic heterocycles. The lowest BCUT2D eigenvalue weighted by Crippen LogP contribution is -2.21. The van der Waals surface area contributed by atoms with E-state index in [9.17, 15) is 0 Å². The van der Waals surface area contributed by atoms with Gasteiger partial charge < -0.3 is 10.1 Å². The third kappa shape index (κ3) is 3.71. The van der Waals surface area contributed by atoms with Crippen molar-refractivity contribution in [2.75, 3.05) is 7.11 Å². The van der Waals surface area contributed by atoms with Crippen LogP contribution in [-0.2, 0) is 6.54 Å². The van der Waals surface area contributed by atoms with Gasteiger partial charge in [-0.15, -0.1) is 0 Å². The molecule has 0 amide bonds. The molecule has 106 valence electrons. The lowest BCUT2D eigenvalue weighted by atomic mass is 10.0. The van der Waals surface area contributed by atoms with Crippen LogP contribution in [0.1, 0.15) is 19.4 Å². The number of nitrogens with one attached hydrogen (secondary N) is 1. The molecule has 20 heavy (non-hydrogen) atoms. The van der Waals surface area contributed by atoms with Gasteiger partial charge in [-0.05, 0) is 29.3 Å². The molecule has 0 saturated carbocycles. The van der Waals surface area contributed by atoms with E-state index >= 15 is 0 Å². The summed E-state index contributed by atoms with van der Waals surface area (Å²) in [6.07, 6.45) is 1.81. The Hall–Kier alpha value is -1.58. The molecule has 1 aromatic carbocycles. The molecule has 0 unspecified atom stereocenters. The number of halogens is 1. The van der Waals surface area contributed by atoms with Crippen molar-refractivity contribution in [1.29, 1.82) is 0 Å². The van der Waals surface area contributed by atoms with E-state index in [1.807, 2.05) is 30.5 Å². The van der Waals surface area contributed by atoms with Crippen molar-refractivity contribution < 1.29 is 4.74 Å². The fourth-order valence-corrected chi connectivity index (χ4v) is 2.06. The molecule has 0 aliphatic rings. The van der Waals surface area contributed by atoms with Gasteiger partial charge in [0, 0.05) is 35.4 Å². The Morgan fingerprint density at radius 3 is 2.55 bits per heavy atom. The minimum absolute atomic E-state index is 0.428. The minimum atomic E-state index is 0.428. The molecule has 0 atom stereocenters. The van der Waals surface area contributed by atoms with E-state index < -0.39 is 0 Å². The Kier molecular flexibility index (Phi) is 4.99. The number of methoxy groups -OCH3 is 1. The molecule has 2 aromatic rings. The van der Waals surface area contributed by atoms with Crippen LogP contribution in [0.3, 0.4) is 0 Å². The van der Waals surface area contributed by atoms with Crippen LogP contribution < -0.4 is 10.1 Å². The molecular formula is C16H19ClN2O. The molecule has 1 heterocycles.